The Bertz CT molecular complexity index is 877. The Kier molecular flexibility index (Phi) is 4.80. The molecule has 3 atom stereocenters. The van der Waals surface area contributed by atoms with Gasteiger partial charge < -0.3 is 20.9 Å². The van der Waals surface area contributed by atoms with Crippen LogP contribution in [0.25, 0.3) is 0 Å². The van der Waals surface area contributed by atoms with Crippen molar-refractivity contribution in [2.24, 2.45) is 12.8 Å². The van der Waals surface area contributed by atoms with Crippen molar-refractivity contribution in [1.82, 2.24) is 20.0 Å². The van der Waals surface area contributed by atoms with Gasteiger partial charge in [-0.05, 0) is 31.0 Å². The molecule has 2 aliphatic heterocycles. The highest BCUT2D eigenvalue weighted by molar-refractivity contribution is 6.01. The molecular formula is C20H26N6O2. The molecule has 3 heterocycles. The molecule has 2 saturated heterocycles. The number of nitrogens with one attached hydrogen (secondary N) is 1. The van der Waals surface area contributed by atoms with Crippen molar-refractivity contribution < 1.29 is 9.59 Å². The number of rotatable bonds is 3. The number of carbonyl (C=O) groups excluding carboxylic acids is 2. The van der Waals surface area contributed by atoms with Gasteiger partial charge in [0.25, 0.3) is 0 Å². The Balaban J connectivity index is 1.37. The number of nitrogens with zero attached hydrogens (tertiary/aromatic N) is 4. The first-order valence-corrected chi connectivity index (χ1v) is 9.60. The molecule has 0 aliphatic carbocycles. The van der Waals surface area contributed by atoms with Crippen molar-refractivity contribution in [3.63, 3.8) is 0 Å². The van der Waals surface area contributed by atoms with Gasteiger partial charge in [0.1, 0.15) is 6.04 Å². The van der Waals surface area contributed by atoms with Crippen molar-refractivity contribution in [1.29, 1.82) is 0 Å². The molecule has 0 radical (unpaired) electrons. The van der Waals surface area contributed by atoms with Crippen LogP contribution in [0.1, 0.15) is 23.5 Å². The largest absolute Gasteiger partial charge is 0.326 e. The summed E-state index contributed by atoms with van der Waals surface area (Å²) < 4.78 is 1.74. The second kappa shape index (κ2) is 7.27. The highest BCUT2D eigenvalue weighted by Gasteiger charge is 2.38. The topological polar surface area (TPSA) is 96.5 Å². The SMILES string of the molecule is Cc1ccc(N2CCC(NC(=O)N3C[C@@H](N)[C@H](c4cnn(C)c4)C3)C2=O)cc1. The monoisotopic (exact) mass is 382 g/mol. The maximum atomic E-state index is 12.8. The lowest BCUT2D eigenvalue weighted by Crippen LogP contribution is -2.47. The van der Waals surface area contributed by atoms with Crippen molar-refractivity contribution in [2.45, 2.75) is 31.3 Å². The summed E-state index contributed by atoms with van der Waals surface area (Å²) >= 11 is 0. The van der Waals surface area contributed by atoms with Gasteiger partial charge in [-0.1, -0.05) is 17.7 Å². The summed E-state index contributed by atoms with van der Waals surface area (Å²) in [6, 6.07) is 6.98. The van der Waals surface area contributed by atoms with Gasteiger partial charge in [-0.2, -0.15) is 5.10 Å². The van der Waals surface area contributed by atoms with Gasteiger partial charge in [0, 0.05) is 50.5 Å². The summed E-state index contributed by atoms with van der Waals surface area (Å²) in [5.74, 6) is -0.00713. The maximum absolute atomic E-state index is 12.8. The van der Waals surface area contributed by atoms with Crippen LogP contribution in [-0.4, -0.2) is 58.3 Å². The number of likely N-dealkylation sites (tertiary alicyclic amines) is 1. The number of amides is 3. The van der Waals surface area contributed by atoms with Gasteiger partial charge in [0.2, 0.25) is 5.91 Å². The van der Waals surface area contributed by atoms with Crippen LogP contribution in [0.4, 0.5) is 10.5 Å². The third-order valence-electron chi connectivity index (χ3n) is 5.65. The maximum Gasteiger partial charge on any atom is 0.318 e. The lowest BCUT2D eigenvalue weighted by atomic mass is 9.98. The number of hydrogen-bond acceptors (Lipinski definition) is 4. The Morgan fingerprint density at radius 2 is 2.00 bits per heavy atom. The number of nitrogens with two attached hydrogens (primary N) is 1. The van der Waals surface area contributed by atoms with Gasteiger partial charge in [-0.25, -0.2) is 4.79 Å². The number of hydrogen-bond donors (Lipinski definition) is 2. The van der Waals surface area contributed by atoms with E-state index in [1.807, 2.05) is 44.4 Å². The lowest BCUT2D eigenvalue weighted by molar-refractivity contribution is -0.118. The van der Waals surface area contributed by atoms with Crippen molar-refractivity contribution >= 4 is 17.6 Å². The molecular weight excluding hydrogens is 356 g/mol. The molecule has 3 amide bonds. The Hall–Kier alpha value is -2.87. The summed E-state index contributed by atoms with van der Waals surface area (Å²) in [6.45, 7) is 3.61. The Labute approximate surface area is 164 Å². The average molecular weight is 382 g/mol. The number of anilines is 1. The van der Waals surface area contributed by atoms with E-state index < -0.39 is 6.04 Å². The first-order chi connectivity index (χ1) is 13.4. The predicted octanol–water partition coefficient (Wildman–Crippen LogP) is 0.970. The van der Waals surface area contributed by atoms with E-state index in [-0.39, 0.29) is 23.9 Å². The van der Waals surface area contributed by atoms with E-state index in [1.54, 1.807) is 20.7 Å². The van der Waals surface area contributed by atoms with Crippen LogP contribution < -0.4 is 16.0 Å². The fourth-order valence-electron chi connectivity index (χ4n) is 4.01. The van der Waals surface area contributed by atoms with Crippen LogP contribution in [0.5, 0.6) is 0 Å². The lowest BCUT2D eigenvalue weighted by Gasteiger charge is -2.21. The first-order valence-electron chi connectivity index (χ1n) is 9.60. The molecule has 0 saturated carbocycles. The van der Waals surface area contributed by atoms with E-state index in [0.29, 0.717) is 26.1 Å². The number of carbonyl (C=O) groups is 2. The number of urea groups is 1. The molecule has 148 valence electrons. The highest BCUT2D eigenvalue weighted by Crippen LogP contribution is 2.27. The molecule has 1 aromatic carbocycles. The smallest absolute Gasteiger partial charge is 0.318 e. The third kappa shape index (κ3) is 3.47. The molecule has 1 unspecified atom stereocenters. The second-order valence-electron chi connectivity index (χ2n) is 7.74. The standard InChI is InChI=1S/C20H26N6O2/c1-13-3-5-15(6-4-13)26-8-7-18(19(26)27)23-20(28)25-11-16(17(21)12-25)14-9-22-24(2)10-14/h3-6,9-10,16-18H,7-8,11-12,21H2,1-2H3,(H,23,28)/t16-,17+,18?/m0/s1. The number of aromatic nitrogens is 2. The second-order valence-corrected chi connectivity index (χ2v) is 7.74. The van der Waals surface area contributed by atoms with Crippen molar-refractivity contribution in [2.75, 3.05) is 24.5 Å². The van der Waals surface area contributed by atoms with Crippen molar-refractivity contribution in [3.05, 3.63) is 47.8 Å². The zero-order valence-corrected chi connectivity index (χ0v) is 16.2. The fraction of sp³-hybridized carbons (Fsp3) is 0.450. The zero-order valence-electron chi connectivity index (χ0n) is 16.2. The summed E-state index contributed by atoms with van der Waals surface area (Å²) in [4.78, 5) is 28.9. The van der Waals surface area contributed by atoms with E-state index >= 15 is 0 Å². The number of aryl methyl sites for hydroxylation is 2. The molecule has 8 nitrogen and oxygen atoms in total. The molecule has 8 heteroatoms. The quantitative estimate of drug-likeness (QED) is 0.827. The molecule has 2 aliphatic rings. The summed E-state index contributed by atoms with van der Waals surface area (Å²) in [5.41, 5.74) is 9.31. The Morgan fingerprint density at radius 3 is 2.68 bits per heavy atom. The number of benzene rings is 1. The third-order valence-corrected chi connectivity index (χ3v) is 5.65. The molecule has 4 rings (SSSR count). The van der Waals surface area contributed by atoms with E-state index in [1.165, 1.54) is 0 Å². The van der Waals surface area contributed by atoms with Crippen LogP contribution in [0, 0.1) is 6.92 Å². The molecule has 28 heavy (non-hydrogen) atoms. The van der Waals surface area contributed by atoms with Crippen LogP contribution >= 0.6 is 0 Å². The van der Waals surface area contributed by atoms with Gasteiger partial charge >= 0.3 is 6.03 Å². The Morgan fingerprint density at radius 1 is 1.25 bits per heavy atom. The average Bonchev–Trinajstić information content (AvgIpc) is 3.36. The molecule has 0 spiro atoms. The summed E-state index contributed by atoms with van der Waals surface area (Å²) in [6.07, 6.45) is 4.34. The zero-order chi connectivity index (χ0) is 19.8. The molecule has 2 fully saturated rings. The fourth-order valence-corrected chi connectivity index (χ4v) is 4.01. The van der Waals surface area contributed by atoms with Gasteiger partial charge in [0.05, 0.1) is 6.20 Å². The van der Waals surface area contributed by atoms with Crippen LogP contribution in [0.15, 0.2) is 36.7 Å². The van der Waals surface area contributed by atoms with E-state index in [2.05, 4.69) is 10.4 Å². The summed E-state index contributed by atoms with van der Waals surface area (Å²) in [7, 11) is 1.86. The van der Waals surface area contributed by atoms with E-state index in [0.717, 1.165) is 16.8 Å². The normalized spacial score (nSPS) is 24.8. The van der Waals surface area contributed by atoms with Crippen LogP contribution in [-0.2, 0) is 11.8 Å². The minimum Gasteiger partial charge on any atom is -0.326 e. The molecule has 0 bridgehead atoms. The predicted molar refractivity (Wildman–Crippen MR) is 106 cm³/mol. The minimum absolute atomic E-state index is 0.0581. The van der Waals surface area contributed by atoms with Gasteiger partial charge in [0.15, 0.2) is 0 Å². The molecule has 3 N–H and O–H groups in total. The highest BCUT2D eigenvalue weighted by atomic mass is 16.2. The van der Waals surface area contributed by atoms with Crippen LogP contribution in [0.2, 0.25) is 0 Å². The van der Waals surface area contributed by atoms with E-state index in [4.69, 9.17) is 5.73 Å². The minimum atomic E-state index is -0.498. The van der Waals surface area contributed by atoms with Crippen molar-refractivity contribution in [3.8, 4) is 0 Å². The molecule has 1 aromatic heterocycles. The molecule has 2 aromatic rings. The van der Waals surface area contributed by atoms with Gasteiger partial charge in [-0.3, -0.25) is 9.48 Å². The van der Waals surface area contributed by atoms with Gasteiger partial charge in [-0.15, -0.1) is 0 Å². The first kappa shape index (κ1) is 18.5. The van der Waals surface area contributed by atoms with Crippen LogP contribution in [0.3, 0.4) is 0 Å². The summed E-state index contributed by atoms with van der Waals surface area (Å²) in [5, 5.41) is 7.09. The van der Waals surface area contributed by atoms with E-state index in [9.17, 15) is 9.59 Å².